The number of nitrogens with one attached hydrogen (secondary N) is 1. The number of carbonyl (C=O) groups excluding carboxylic acids is 2. The molecule has 12 heteroatoms. The van der Waals surface area contributed by atoms with Gasteiger partial charge in [-0.15, -0.1) is 0 Å². The number of amides is 1. The highest BCUT2D eigenvalue weighted by atomic mass is 35.5. The second-order valence-corrected chi connectivity index (χ2v) is 12.7. The summed E-state index contributed by atoms with van der Waals surface area (Å²) in [7, 11) is 0. The molecule has 10 nitrogen and oxygen atoms in total. The first kappa shape index (κ1) is 31.0. The lowest BCUT2D eigenvalue weighted by atomic mass is 9.84. The third-order valence-electron chi connectivity index (χ3n) is 5.58. The van der Waals surface area contributed by atoms with E-state index < -0.39 is 33.7 Å². The van der Waals surface area contributed by atoms with Crippen LogP contribution in [0.15, 0.2) is 36.5 Å². The van der Waals surface area contributed by atoms with Crippen LogP contribution in [0.25, 0.3) is 10.9 Å². The van der Waals surface area contributed by atoms with E-state index in [1.807, 2.05) is 13.8 Å². The Labute approximate surface area is 242 Å². The van der Waals surface area contributed by atoms with Gasteiger partial charge in [0.2, 0.25) is 0 Å². The zero-order valence-corrected chi connectivity index (χ0v) is 25.2. The number of ether oxygens (including phenoxy) is 3. The van der Waals surface area contributed by atoms with E-state index in [2.05, 4.69) is 5.32 Å². The maximum Gasteiger partial charge on any atom is 0.419 e. The molecule has 3 rings (SSSR count). The Morgan fingerprint density at radius 1 is 0.950 bits per heavy atom. The number of alkyl carbamates (subject to hydrolysis) is 1. The minimum atomic E-state index is -0.728. The topological polar surface area (TPSA) is 122 Å². The summed E-state index contributed by atoms with van der Waals surface area (Å²) >= 11 is 12.5. The van der Waals surface area contributed by atoms with E-state index in [1.54, 1.807) is 65.9 Å². The molecule has 0 aliphatic rings. The molecule has 1 heterocycles. The maximum atomic E-state index is 13.1. The fourth-order valence-corrected chi connectivity index (χ4v) is 4.40. The minimum Gasteiger partial charge on any atom is -0.454 e. The fourth-order valence-electron chi connectivity index (χ4n) is 3.84. The monoisotopic (exact) mass is 593 g/mol. The molecule has 1 N–H and O–H groups in total. The van der Waals surface area contributed by atoms with Crippen LogP contribution in [0.4, 0.5) is 15.3 Å². The molecule has 0 radical (unpaired) electrons. The number of nitro groups is 1. The lowest BCUT2D eigenvalue weighted by molar-refractivity contribution is -0.384. The first-order valence-corrected chi connectivity index (χ1v) is 13.2. The van der Waals surface area contributed by atoms with E-state index in [1.165, 1.54) is 4.57 Å². The van der Waals surface area contributed by atoms with E-state index in [0.717, 1.165) is 17.7 Å². The summed E-state index contributed by atoms with van der Waals surface area (Å²) in [5.41, 5.74) is -1.07. The van der Waals surface area contributed by atoms with Gasteiger partial charge in [-0.05, 0) is 65.3 Å². The van der Waals surface area contributed by atoms with Gasteiger partial charge in [-0.2, -0.15) is 0 Å². The van der Waals surface area contributed by atoms with Gasteiger partial charge in [0.25, 0.3) is 5.69 Å². The summed E-state index contributed by atoms with van der Waals surface area (Å²) in [5.74, 6) is 0.372. The predicted molar refractivity (Wildman–Crippen MR) is 154 cm³/mol. The second kappa shape index (κ2) is 11.2. The van der Waals surface area contributed by atoms with Crippen LogP contribution in [-0.2, 0) is 14.9 Å². The molecule has 0 aliphatic heterocycles. The van der Waals surface area contributed by atoms with Gasteiger partial charge in [-0.25, -0.2) is 9.59 Å². The number of nitrogens with zero attached hydrogens (tertiary/aromatic N) is 2. The predicted octanol–water partition coefficient (Wildman–Crippen LogP) is 8.23. The molecule has 0 aliphatic carbocycles. The maximum absolute atomic E-state index is 13.1. The van der Waals surface area contributed by atoms with Crippen molar-refractivity contribution in [3.8, 4) is 11.5 Å². The van der Waals surface area contributed by atoms with Crippen LogP contribution in [0.3, 0.4) is 0 Å². The molecule has 0 unspecified atom stereocenters. The zero-order valence-electron chi connectivity index (χ0n) is 23.7. The SMILES string of the molecule is CC(C)(C)OC(=O)NCC(C)(C)c1cn(C(=O)OC(C)(C)C)c2ccc(Oc3c(Cl)cc([N+](=O)[O-])cc3Cl)cc12. The molecule has 0 atom stereocenters. The van der Waals surface area contributed by atoms with Crippen LogP contribution in [0.2, 0.25) is 10.0 Å². The Hall–Kier alpha value is -3.50. The Morgan fingerprint density at radius 3 is 2.05 bits per heavy atom. The number of nitro benzene ring substituents is 1. The first-order valence-electron chi connectivity index (χ1n) is 12.4. The summed E-state index contributed by atoms with van der Waals surface area (Å²) in [5, 5.41) is 14.5. The van der Waals surface area contributed by atoms with E-state index in [9.17, 15) is 19.7 Å². The second-order valence-electron chi connectivity index (χ2n) is 11.9. The van der Waals surface area contributed by atoms with Crippen LogP contribution in [0, 0.1) is 10.1 Å². The van der Waals surface area contributed by atoms with Crippen molar-refractivity contribution in [3.05, 3.63) is 62.3 Å². The van der Waals surface area contributed by atoms with Crippen molar-refractivity contribution in [1.82, 2.24) is 9.88 Å². The Kier molecular flexibility index (Phi) is 8.67. The van der Waals surface area contributed by atoms with Gasteiger partial charge in [-0.3, -0.25) is 14.7 Å². The Bertz CT molecular complexity index is 1440. The number of hydrogen-bond acceptors (Lipinski definition) is 7. The molecular formula is C28H33Cl2N3O7. The van der Waals surface area contributed by atoms with Gasteiger partial charge in [0.15, 0.2) is 5.75 Å². The molecule has 2 aromatic carbocycles. The number of rotatable bonds is 6. The van der Waals surface area contributed by atoms with Gasteiger partial charge in [0.05, 0.1) is 20.5 Å². The van der Waals surface area contributed by atoms with Crippen LogP contribution < -0.4 is 10.1 Å². The van der Waals surface area contributed by atoms with Gasteiger partial charge in [-0.1, -0.05) is 37.0 Å². The van der Waals surface area contributed by atoms with Crippen molar-refractivity contribution >= 4 is 52.0 Å². The normalized spacial score (nSPS) is 12.2. The molecule has 40 heavy (non-hydrogen) atoms. The highest BCUT2D eigenvalue weighted by Crippen LogP contribution is 2.41. The number of fused-ring (bicyclic) bond motifs is 1. The quantitative estimate of drug-likeness (QED) is 0.225. The Balaban J connectivity index is 2.07. The van der Waals surface area contributed by atoms with E-state index in [0.29, 0.717) is 16.7 Å². The summed E-state index contributed by atoms with van der Waals surface area (Å²) in [6, 6.07) is 7.30. The molecule has 0 fully saturated rings. The number of benzene rings is 2. The smallest absolute Gasteiger partial charge is 0.419 e. The van der Waals surface area contributed by atoms with Crippen molar-refractivity contribution in [1.29, 1.82) is 0 Å². The third kappa shape index (κ3) is 7.57. The minimum absolute atomic E-state index is 0.0345. The number of non-ortho nitro benzene ring substituents is 1. The van der Waals surface area contributed by atoms with Gasteiger partial charge >= 0.3 is 12.2 Å². The van der Waals surface area contributed by atoms with Crippen molar-refractivity contribution in [2.24, 2.45) is 0 Å². The average molecular weight is 594 g/mol. The molecule has 0 saturated carbocycles. The average Bonchev–Trinajstić information content (AvgIpc) is 3.18. The molecule has 216 valence electrons. The number of aromatic nitrogens is 1. The highest BCUT2D eigenvalue weighted by molar-refractivity contribution is 6.37. The molecule has 0 spiro atoms. The Morgan fingerprint density at radius 2 is 1.52 bits per heavy atom. The number of hydrogen-bond donors (Lipinski definition) is 1. The molecule has 3 aromatic rings. The lowest BCUT2D eigenvalue weighted by Gasteiger charge is -2.26. The van der Waals surface area contributed by atoms with E-state index in [-0.39, 0.29) is 28.0 Å². The fraction of sp³-hybridized carbons (Fsp3) is 0.429. The molecule has 1 aromatic heterocycles. The number of carbonyl (C=O) groups is 2. The summed E-state index contributed by atoms with van der Waals surface area (Å²) in [6.07, 6.45) is 0.531. The zero-order chi connectivity index (χ0) is 30.2. The third-order valence-corrected chi connectivity index (χ3v) is 6.14. The van der Waals surface area contributed by atoms with Crippen molar-refractivity contribution in [2.75, 3.05) is 6.54 Å². The molecule has 0 bridgehead atoms. The van der Waals surface area contributed by atoms with Crippen molar-refractivity contribution < 1.29 is 28.7 Å². The standard InChI is InChI=1S/C28H33Cl2N3O7/c1-26(2,3)39-24(34)31-15-28(7,8)19-14-32(25(35)40-27(4,5)6)22-10-9-17(13-18(19)22)38-23-20(29)11-16(33(36)37)12-21(23)30/h9-14H,15H2,1-8H3,(H,31,34). The van der Waals surface area contributed by atoms with Crippen LogP contribution >= 0.6 is 23.2 Å². The number of halogens is 2. The highest BCUT2D eigenvalue weighted by Gasteiger charge is 2.30. The molecular weight excluding hydrogens is 561 g/mol. The van der Waals surface area contributed by atoms with Crippen molar-refractivity contribution in [3.63, 3.8) is 0 Å². The summed E-state index contributed by atoms with van der Waals surface area (Å²) < 4.78 is 18.3. The first-order chi connectivity index (χ1) is 18.3. The van der Waals surface area contributed by atoms with Crippen LogP contribution in [-0.4, -0.2) is 39.4 Å². The van der Waals surface area contributed by atoms with Gasteiger partial charge in [0.1, 0.15) is 17.0 Å². The molecule has 1 amide bonds. The van der Waals surface area contributed by atoms with E-state index in [4.69, 9.17) is 37.4 Å². The lowest BCUT2D eigenvalue weighted by Crippen LogP contribution is -2.39. The van der Waals surface area contributed by atoms with Gasteiger partial charge < -0.3 is 19.5 Å². The van der Waals surface area contributed by atoms with Crippen LogP contribution in [0.5, 0.6) is 11.5 Å². The van der Waals surface area contributed by atoms with Crippen LogP contribution in [0.1, 0.15) is 61.0 Å². The largest absolute Gasteiger partial charge is 0.454 e. The van der Waals surface area contributed by atoms with E-state index >= 15 is 0 Å². The van der Waals surface area contributed by atoms with Gasteiger partial charge in [0, 0.05) is 35.7 Å². The van der Waals surface area contributed by atoms with Crippen molar-refractivity contribution in [2.45, 2.75) is 72.0 Å². The molecule has 0 saturated heterocycles. The summed E-state index contributed by atoms with van der Waals surface area (Å²) in [6.45, 7) is 14.7. The summed E-state index contributed by atoms with van der Waals surface area (Å²) in [4.78, 5) is 36.0.